The van der Waals surface area contributed by atoms with Crippen LogP contribution in [-0.2, 0) is 4.79 Å². The standard InChI is InChI=1S/C21H32N4O2S/c1-4-16-28-18-9-6-5-8-17(18)24-14-12-23(13-15-24)10-7-11-25-19(26)21(2,3)22-20(25)27/h5-6,8-9H,4,7,10-16H2,1-3H3,(H,22,27). The third-order valence-corrected chi connectivity index (χ3v) is 6.61. The first-order valence-electron chi connectivity index (χ1n) is 10.3. The normalized spacial score (nSPS) is 20.0. The summed E-state index contributed by atoms with van der Waals surface area (Å²) in [5.74, 6) is 1.03. The van der Waals surface area contributed by atoms with E-state index in [9.17, 15) is 9.59 Å². The summed E-state index contributed by atoms with van der Waals surface area (Å²) in [7, 11) is 0. The topological polar surface area (TPSA) is 55.9 Å². The van der Waals surface area contributed by atoms with Crippen molar-refractivity contribution in [2.24, 2.45) is 0 Å². The van der Waals surface area contributed by atoms with Gasteiger partial charge in [0.1, 0.15) is 5.54 Å². The van der Waals surface area contributed by atoms with E-state index in [-0.39, 0.29) is 11.9 Å². The Kier molecular flexibility index (Phi) is 6.88. The van der Waals surface area contributed by atoms with Gasteiger partial charge in [0.05, 0.1) is 5.69 Å². The van der Waals surface area contributed by atoms with Crippen LogP contribution in [0.3, 0.4) is 0 Å². The monoisotopic (exact) mass is 404 g/mol. The highest BCUT2D eigenvalue weighted by molar-refractivity contribution is 7.99. The van der Waals surface area contributed by atoms with Crippen LogP contribution in [0.25, 0.3) is 0 Å². The molecule has 6 nitrogen and oxygen atoms in total. The Labute approximate surface area is 172 Å². The zero-order valence-electron chi connectivity index (χ0n) is 17.2. The summed E-state index contributed by atoms with van der Waals surface area (Å²) in [5, 5.41) is 2.74. The summed E-state index contributed by atoms with van der Waals surface area (Å²) in [6.45, 7) is 11.2. The van der Waals surface area contributed by atoms with Gasteiger partial charge in [-0.2, -0.15) is 0 Å². The predicted octanol–water partition coefficient (Wildman–Crippen LogP) is 3.03. The number of benzene rings is 1. The first kappa shape index (κ1) is 21.0. The lowest BCUT2D eigenvalue weighted by atomic mass is 10.1. The molecule has 3 amide bonds. The molecule has 0 unspecified atom stereocenters. The van der Waals surface area contributed by atoms with Gasteiger partial charge in [-0.3, -0.25) is 14.6 Å². The number of thioether (sulfide) groups is 1. The molecule has 3 rings (SSSR count). The predicted molar refractivity (Wildman–Crippen MR) is 115 cm³/mol. The fourth-order valence-corrected chi connectivity index (χ4v) is 4.68. The van der Waals surface area contributed by atoms with Crippen LogP contribution in [0.1, 0.15) is 33.6 Å². The molecular weight excluding hydrogens is 372 g/mol. The molecule has 2 saturated heterocycles. The molecule has 2 aliphatic rings. The zero-order chi connectivity index (χ0) is 20.1. The van der Waals surface area contributed by atoms with Crippen molar-refractivity contribution in [3.05, 3.63) is 24.3 Å². The number of hydrogen-bond acceptors (Lipinski definition) is 5. The average molecular weight is 405 g/mol. The minimum absolute atomic E-state index is 0.122. The molecule has 0 radical (unpaired) electrons. The summed E-state index contributed by atoms with van der Waals surface area (Å²) >= 11 is 1.94. The molecule has 154 valence electrons. The highest BCUT2D eigenvalue weighted by Gasteiger charge is 2.43. The number of anilines is 1. The Morgan fingerprint density at radius 1 is 1.07 bits per heavy atom. The molecular formula is C21H32N4O2S. The van der Waals surface area contributed by atoms with Gasteiger partial charge in [0.15, 0.2) is 0 Å². The van der Waals surface area contributed by atoms with Gasteiger partial charge < -0.3 is 10.2 Å². The minimum Gasteiger partial charge on any atom is -0.368 e. The van der Waals surface area contributed by atoms with Crippen LogP contribution in [0.15, 0.2) is 29.2 Å². The van der Waals surface area contributed by atoms with E-state index >= 15 is 0 Å². The highest BCUT2D eigenvalue weighted by atomic mass is 32.2. The largest absolute Gasteiger partial charge is 0.368 e. The number of urea groups is 1. The Morgan fingerprint density at radius 2 is 1.79 bits per heavy atom. The van der Waals surface area contributed by atoms with Crippen LogP contribution < -0.4 is 10.2 Å². The van der Waals surface area contributed by atoms with E-state index in [1.807, 2.05) is 11.8 Å². The number of nitrogens with zero attached hydrogens (tertiary/aromatic N) is 3. The number of para-hydroxylation sites is 1. The van der Waals surface area contributed by atoms with E-state index in [1.54, 1.807) is 13.8 Å². The molecule has 0 saturated carbocycles. The smallest absolute Gasteiger partial charge is 0.325 e. The van der Waals surface area contributed by atoms with Crippen molar-refractivity contribution in [1.82, 2.24) is 15.1 Å². The lowest BCUT2D eigenvalue weighted by molar-refractivity contribution is -0.130. The van der Waals surface area contributed by atoms with Gasteiger partial charge in [-0.15, -0.1) is 11.8 Å². The second kappa shape index (κ2) is 9.18. The van der Waals surface area contributed by atoms with E-state index in [0.29, 0.717) is 6.54 Å². The van der Waals surface area contributed by atoms with Crippen molar-refractivity contribution >= 4 is 29.4 Å². The molecule has 2 aliphatic heterocycles. The average Bonchev–Trinajstić information content (AvgIpc) is 2.88. The Morgan fingerprint density at radius 3 is 2.43 bits per heavy atom. The Balaban J connectivity index is 1.45. The van der Waals surface area contributed by atoms with Crippen molar-refractivity contribution in [1.29, 1.82) is 0 Å². The number of carbonyl (C=O) groups is 2. The summed E-state index contributed by atoms with van der Waals surface area (Å²) in [6.07, 6.45) is 2.00. The van der Waals surface area contributed by atoms with Crippen LogP contribution in [0.2, 0.25) is 0 Å². The molecule has 0 aliphatic carbocycles. The van der Waals surface area contributed by atoms with Crippen LogP contribution in [0, 0.1) is 0 Å². The zero-order valence-corrected chi connectivity index (χ0v) is 18.1. The molecule has 0 atom stereocenters. The molecule has 1 N–H and O–H groups in total. The van der Waals surface area contributed by atoms with E-state index in [0.717, 1.165) is 44.9 Å². The van der Waals surface area contributed by atoms with Crippen LogP contribution >= 0.6 is 11.8 Å². The number of hydrogen-bond donors (Lipinski definition) is 1. The van der Waals surface area contributed by atoms with E-state index in [1.165, 1.54) is 21.9 Å². The minimum atomic E-state index is -0.772. The summed E-state index contributed by atoms with van der Waals surface area (Å²) in [5.41, 5.74) is 0.577. The first-order chi connectivity index (χ1) is 13.4. The molecule has 0 bridgehead atoms. The molecule has 28 heavy (non-hydrogen) atoms. The third-order valence-electron chi connectivity index (χ3n) is 5.34. The van der Waals surface area contributed by atoms with Gasteiger partial charge in [-0.25, -0.2) is 4.79 Å². The van der Waals surface area contributed by atoms with Crippen molar-refractivity contribution < 1.29 is 9.59 Å². The Hall–Kier alpha value is -1.73. The van der Waals surface area contributed by atoms with Crippen molar-refractivity contribution in [2.75, 3.05) is 49.9 Å². The molecule has 1 aromatic carbocycles. The van der Waals surface area contributed by atoms with E-state index in [2.05, 4.69) is 46.3 Å². The third kappa shape index (κ3) is 4.81. The molecule has 0 spiro atoms. The van der Waals surface area contributed by atoms with Gasteiger partial charge >= 0.3 is 6.03 Å². The molecule has 1 aromatic rings. The molecule has 2 heterocycles. The van der Waals surface area contributed by atoms with Crippen molar-refractivity contribution in [3.8, 4) is 0 Å². The fourth-order valence-electron chi connectivity index (χ4n) is 3.74. The molecule has 7 heteroatoms. The maximum atomic E-state index is 12.2. The van der Waals surface area contributed by atoms with Gasteiger partial charge in [-0.05, 0) is 51.1 Å². The number of carbonyl (C=O) groups excluding carboxylic acids is 2. The van der Waals surface area contributed by atoms with Crippen LogP contribution in [0.4, 0.5) is 10.5 Å². The quantitative estimate of drug-likeness (QED) is 0.533. The van der Waals surface area contributed by atoms with E-state index in [4.69, 9.17) is 0 Å². The van der Waals surface area contributed by atoms with Gasteiger partial charge in [0.25, 0.3) is 5.91 Å². The molecule has 2 fully saturated rings. The molecule has 0 aromatic heterocycles. The summed E-state index contributed by atoms with van der Waals surface area (Å²) in [4.78, 5) is 31.9. The summed E-state index contributed by atoms with van der Waals surface area (Å²) in [6, 6.07) is 8.43. The van der Waals surface area contributed by atoms with Crippen LogP contribution in [0.5, 0.6) is 0 Å². The number of rotatable bonds is 8. The summed E-state index contributed by atoms with van der Waals surface area (Å²) < 4.78 is 0. The maximum Gasteiger partial charge on any atom is 0.325 e. The van der Waals surface area contributed by atoms with Crippen molar-refractivity contribution in [3.63, 3.8) is 0 Å². The number of piperazine rings is 1. The number of nitrogens with one attached hydrogen (secondary N) is 1. The maximum absolute atomic E-state index is 12.2. The van der Waals surface area contributed by atoms with Gasteiger partial charge in [0, 0.05) is 37.6 Å². The lowest BCUT2D eigenvalue weighted by Crippen LogP contribution is -2.47. The SMILES string of the molecule is CCCSc1ccccc1N1CCN(CCCN2C(=O)NC(C)(C)C2=O)CC1. The van der Waals surface area contributed by atoms with Crippen LogP contribution in [-0.4, -0.2) is 72.3 Å². The van der Waals surface area contributed by atoms with Gasteiger partial charge in [-0.1, -0.05) is 19.1 Å². The fraction of sp³-hybridized carbons (Fsp3) is 0.619. The van der Waals surface area contributed by atoms with Gasteiger partial charge in [0.2, 0.25) is 0 Å². The Bertz CT molecular complexity index is 701. The van der Waals surface area contributed by atoms with E-state index < -0.39 is 5.54 Å². The second-order valence-electron chi connectivity index (χ2n) is 8.01. The first-order valence-corrected chi connectivity index (χ1v) is 11.2. The number of amides is 3. The van der Waals surface area contributed by atoms with Crippen molar-refractivity contribution in [2.45, 2.75) is 44.0 Å². The number of imide groups is 1. The second-order valence-corrected chi connectivity index (χ2v) is 9.15. The lowest BCUT2D eigenvalue weighted by Gasteiger charge is -2.37. The highest BCUT2D eigenvalue weighted by Crippen LogP contribution is 2.31.